The van der Waals surface area contributed by atoms with Gasteiger partial charge in [-0.3, -0.25) is 9.59 Å². The van der Waals surface area contributed by atoms with Crippen molar-refractivity contribution in [1.29, 1.82) is 0 Å². The van der Waals surface area contributed by atoms with E-state index in [9.17, 15) is 9.59 Å². The Morgan fingerprint density at radius 3 is 2.53 bits per heavy atom. The molecule has 4 N–H and O–H groups in total. The number of hydrogen-bond donors (Lipinski definition) is 3. The molecule has 1 aliphatic rings. The average Bonchev–Trinajstić information content (AvgIpc) is 2.22. The molecule has 0 heterocycles. The van der Waals surface area contributed by atoms with Gasteiger partial charge in [-0.25, -0.2) is 0 Å². The third-order valence-electron chi connectivity index (χ3n) is 3.41. The summed E-state index contributed by atoms with van der Waals surface area (Å²) >= 11 is 0. The third-order valence-corrected chi connectivity index (χ3v) is 3.41. The fourth-order valence-electron chi connectivity index (χ4n) is 1.96. The van der Waals surface area contributed by atoms with Crippen LogP contribution in [0.4, 0.5) is 0 Å². The van der Waals surface area contributed by atoms with E-state index < -0.39 is 17.5 Å². The zero-order chi connectivity index (χ0) is 12.9. The van der Waals surface area contributed by atoms with Crippen molar-refractivity contribution in [3.63, 3.8) is 0 Å². The minimum Gasteiger partial charge on any atom is -0.481 e. The number of nitrogens with one attached hydrogen (secondary N) is 1. The highest BCUT2D eigenvalue weighted by atomic mass is 16.5. The van der Waals surface area contributed by atoms with Gasteiger partial charge in [0.05, 0.1) is 17.9 Å². The second-order valence-corrected chi connectivity index (χ2v) is 4.50. The molecular formula is C11H20N2O4. The number of aliphatic carboxylic acids is 1. The van der Waals surface area contributed by atoms with Gasteiger partial charge in [0.2, 0.25) is 5.91 Å². The minimum absolute atomic E-state index is 0.0845. The molecule has 1 saturated carbocycles. The second kappa shape index (κ2) is 5.97. The summed E-state index contributed by atoms with van der Waals surface area (Å²) in [5, 5.41) is 11.4. The van der Waals surface area contributed by atoms with Gasteiger partial charge in [0.15, 0.2) is 0 Å². The van der Waals surface area contributed by atoms with E-state index >= 15 is 0 Å². The highest BCUT2D eigenvalue weighted by molar-refractivity contribution is 5.83. The summed E-state index contributed by atoms with van der Waals surface area (Å²) in [5.41, 5.74) is 5.17. The fourth-order valence-corrected chi connectivity index (χ4v) is 1.96. The molecule has 6 heteroatoms. The summed E-state index contributed by atoms with van der Waals surface area (Å²) in [6.45, 7) is 0.554. The molecule has 0 aliphatic heterocycles. The van der Waals surface area contributed by atoms with Crippen LogP contribution < -0.4 is 11.1 Å². The first-order valence-corrected chi connectivity index (χ1v) is 5.77. The van der Waals surface area contributed by atoms with Gasteiger partial charge < -0.3 is 20.9 Å². The van der Waals surface area contributed by atoms with Crippen LogP contribution in [0.1, 0.15) is 25.7 Å². The van der Waals surface area contributed by atoms with Gasteiger partial charge in [0.25, 0.3) is 0 Å². The van der Waals surface area contributed by atoms with E-state index in [1.807, 2.05) is 0 Å². The summed E-state index contributed by atoms with van der Waals surface area (Å²) in [7, 11) is 1.43. The standard InChI is InChI=1S/C11H20N2O4/c1-17-8(5-9(14)15)6-13-10(16)11(7-12)3-2-4-11/h8H,2-7,12H2,1H3,(H,13,16)(H,14,15). The molecule has 0 spiro atoms. The van der Waals surface area contributed by atoms with Crippen LogP contribution in [0, 0.1) is 5.41 Å². The van der Waals surface area contributed by atoms with Crippen LogP contribution in [0.2, 0.25) is 0 Å². The van der Waals surface area contributed by atoms with Crippen LogP contribution in [0.3, 0.4) is 0 Å². The largest absolute Gasteiger partial charge is 0.481 e. The van der Waals surface area contributed by atoms with Gasteiger partial charge in [-0.05, 0) is 12.8 Å². The van der Waals surface area contributed by atoms with E-state index in [0.29, 0.717) is 6.54 Å². The summed E-state index contributed by atoms with van der Waals surface area (Å²) in [6, 6.07) is 0. The molecule has 1 fully saturated rings. The molecule has 1 aliphatic carbocycles. The fraction of sp³-hybridized carbons (Fsp3) is 0.818. The van der Waals surface area contributed by atoms with Crippen LogP contribution in [0.5, 0.6) is 0 Å². The Kier molecular flexibility index (Phi) is 4.89. The molecule has 98 valence electrons. The lowest BCUT2D eigenvalue weighted by molar-refractivity contribution is -0.141. The number of rotatable bonds is 7. The van der Waals surface area contributed by atoms with E-state index in [4.69, 9.17) is 15.6 Å². The maximum Gasteiger partial charge on any atom is 0.306 e. The average molecular weight is 244 g/mol. The summed E-state index contributed by atoms with van der Waals surface area (Å²) in [4.78, 5) is 22.4. The Labute approximate surface area is 101 Å². The Bertz CT molecular complexity index is 284. The van der Waals surface area contributed by atoms with Crippen LogP contribution in [0.25, 0.3) is 0 Å². The number of carboxylic acid groups (broad SMARTS) is 1. The van der Waals surface area contributed by atoms with Crippen molar-refractivity contribution in [2.24, 2.45) is 11.1 Å². The number of ether oxygens (including phenoxy) is 1. The molecule has 1 atom stereocenters. The lowest BCUT2D eigenvalue weighted by Gasteiger charge is -2.39. The zero-order valence-corrected chi connectivity index (χ0v) is 10.1. The lowest BCUT2D eigenvalue weighted by Crippen LogP contribution is -2.51. The highest BCUT2D eigenvalue weighted by Crippen LogP contribution is 2.39. The molecule has 0 aromatic rings. The van der Waals surface area contributed by atoms with Crippen molar-refractivity contribution in [2.45, 2.75) is 31.8 Å². The molecular weight excluding hydrogens is 224 g/mol. The third kappa shape index (κ3) is 3.41. The van der Waals surface area contributed by atoms with Crippen LogP contribution in [0.15, 0.2) is 0 Å². The summed E-state index contributed by atoms with van der Waals surface area (Å²) < 4.78 is 4.98. The van der Waals surface area contributed by atoms with E-state index in [0.717, 1.165) is 19.3 Å². The van der Waals surface area contributed by atoms with E-state index in [2.05, 4.69) is 5.32 Å². The van der Waals surface area contributed by atoms with Crippen LogP contribution in [-0.2, 0) is 14.3 Å². The Morgan fingerprint density at radius 2 is 2.18 bits per heavy atom. The van der Waals surface area contributed by atoms with E-state index in [1.54, 1.807) is 0 Å². The quantitative estimate of drug-likeness (QED) is 0.571. The maximum absolute atomic E-state index is 11.9. The second-order valence-electron chi connectivity index (χ2n) is 4.50. The maximum atomic E-state index is 11.9. The van der Waals surface area contributed by atoms with Crippen molar-refractivity contribution in [1.82, 2.24) is 5.32 Å². The van der Waals surface area contributed by atoms with Gasteiger partial charge in [0, 0.05) is 20.2 Å². The van der Waals surface area contributed by atoms with Gasteiger partial charge in [-0.1, -0.05) is 6.42 Å². The molecule has 6 nitrogen and oxygen atoms in total. The minimum atomic E-state index is -0.941. The number of methoxy groups -OCH3 is 1. The predicted octanol–water partition coefficient (Wildman–Crippen LogP) is -0.279. The predicted molar refractivity (Wildman–Crippen MR) is 61.4 cm³/mol. The van der Waals surface area contributed by atoms with E-state index in [1.165, 1.54) is 7.11 Å². The topological polar surface area (TPSA) is 102 Å². The summed E-state index contributed by atoms with van der Waals surface area (Å²) in [6.07, 6.45) is 2.03. The molecule has 17 heavy (non-hydrogen) atoms. The molecule has 0 bridgehead atoms. The Balaban J connectivity index is 2.38. The molecule has 0 saturated heterocycles. The first-order chi connectivity index (χ1) is 8.04. The summed E-state index contributed by atoms with van der Waals surface area (Å²) in [5.74, 6) is -1.03. The van der Waals surface area contributed by atoms with Gasteiger partial charge in [-0.2, -0.15) is 0 Å². The highest BCUT2D eigenvalue weighted by Gasteiger charge is 2.42. The first-order valence-electron chi connectivity index (χ1n) is 5.77. The van der Waals surface area contributed by atoms with Gasteiger partial charge in [0.1, 0.15) is 0 Å². The van der Waals surface area contributed by atoms with Crippen molar-refractivity contribution >= 4 is 11.9 Å². The molecule has 0 aromatic heterocycles. The van der Waals surface area contributed by atoms with Crippen molar-refractivity contribution in [3.05, 3.63) is 0 Å². The van der Waals surface area contributed by atoms with Gasteiger partial charge in [-0.15, -0.1) is 0 Å². The number of nitrogens with two attached hydrogens (primary N) is 1. The van der Waals surface area contributed by atoms with Gasteiger partial charge >= 0.3 is 5.97 Å². The zero-order valence-electron chi connectivity index (χ0n) is 10.1. The molecule has 0 radical (unpaired) electrons. The lowest BCUT2D eigenvalue weighted by atomic mass is 9.68. The molecule has 1 rings (SSSR count). The number of carboxylic acids is 1. The number of amides is 1. The monoisotopic (exact) mass is 244 g/mol. The number of carbonyl (C=O) groups is 2. The van der Waals surface area contributed by atoms with Crippen molar-refractivity contribution < 1.29 is 19.4 Å². The van der Waals surface area contributed by atoms with Crippen molar-refractivity contribution in [3.8, 4) is 0 Å². The smallest absolute Gasteiger partial charge is 0.306 e. The Morgan fingerprint density at radius 1 is 1.53 bits per heavy atom. The SMILES string of the molecule is COC(CNC(=O)C1(CN)CCC1)CC(=O)O. The first kappa shape index (κ1) is 13.9. The van der Waals surface area contributed by atoms with Crippen LogP contribution >= 0.6 is 0 Å². The number of hydrogen-bond acceptors (Lipinski definition) is 4. The number of carbonyl (C=O) groups excluding carboxylic acids is 1. The normalized spacial score (nSPS) is 19.2. The van der Waals surface area contributed by atoms with Crippen molar-refractivity contribution in [2.75, 3.05) is 20.2 Å². The Hall–Kier alpha value is -1.14. The molecule has 1 amide bonds. The van der Waals surface area contributed by atoms with Crippen LogP contribution in [-0.4, -0.2) is 43.3 Å². The molecule has 0 aromatic carbocycles. The molecule has 1 unspecified atom stereocenters. The van der Waals surface area contributed by atoms with E-state index in [-0.39, 0.29) is 18.9 Å².